The number of anilines is 1. The maximum atomic E-state index is 11.5. The fourth-order valence-corrected chi connectivity index (χ4v) is 1.89. The second-order valence-corrected chi connectivity index (χ2v) is 4.71. The van der Waals surface area contributed by atoms with Crippen LogP contribution in [0.5, 0.6) is 0 Å². The Hall–Kier alpha value is -1.10. The second-order valence-electron chi connectivity index (χ2n) is 3.86. The van der Waals surface area contributed by atoms with Crippen LogP contribution >= 0.6 is 11.3 Å². The lowest BCUT2D eigenvalue weighted by Gasteiger charge is -2.07. The predicted octanol–water partition coefficient (Wildman–Crippen LogP) is 2.78. The average Bonchev–Trinajstić information content (AvgIpc) is 2.66. The third kappa shape index (κ3) is 3.81. The molecule has 0 saturated carbocycles. The van der Waals surface area contributed by atoms with Crippen molar-refractivity contribution in [3.63, 3.8) is 0 Å². The van der Waals surface area contributed by atoms with Crippen molar-refractivity contribution >= 4 is 22.3 Å². The molecule has 0 aliphatic rings. The average molecular weight is 242 g/mol. The molecule has 90 valence electrons. The number of esters is 1. The highest BCUT2D eigenvalue weighted by atomic mass is 32.1. The standard InChI is InChI=1S/C11H18N2O2S/c1-4-15-11(14)9-10(16-7-13-9)12-6-5-8(2)3/h7-8,12H,4-6H2,1-3H3. The van der Waals surface area contributed by atoms with Crippen molar-refractivity contribution in [2.75, 3.05) is 18.5 Å². The number of ether oxygens (including phenoxy) is 1. The maximum Gasteiger partial charge on any atom is 0.360 e. The van der Waals surface area contributed by atoms with Crippen molar-refractivity contribution in [1.82, 2.24) is 4.98 Å². The highest BCUT2D eigenvalue weighted by Crippen LogP contribution is 2.21. The number of hydrogen-bond donors (Lipinski definition) is 1. The van der Waals surface area contributed by atoms with E-state index >= 15 is 0 Å². The summed E-state index contributed by atoms with van der Waals surface area (Å²) in [6.45, 7) is 7.35. The van der Waals surface area contributed by atoms with Gasteiger partial charge >= 0.3 is 5.97 Å². The number of thiazole rings is 1. The first kappa shape index (κ1) is 13.0. The van der Waals surface area contributed by atoms with Crippen molar-refractivity contribution < 1.29 is 9.53 Å². The van der Waals surface area contributed by atoms with Gasteiger partial charge in [-0.2, -0.15) is 0 Å². The smallest absolute Gasteiger partial charge is 0.360 e. The molecule has 1 N–H and O–H groups in total. The molecule has 16 heavy (non-hydrogen) atoms. The van der Waals surface area contributed by atoms with Gasteiger partial charge in [-0.1, -0.05) is 13.8 Å². The van der Waals surface area contributed by atoms with Gasteiger partial charge in [-0.05, 0) is 19.3 Å². The summed E-state index contributed by atoms with van der Waals surface area (Å²) in [7, 11) is 0. The third-order valence-electron chi connectivity index (χ3n) is 2.04. The SMILES string of the molecule is CCOC(=O)c1ncsc1NCCC(C)C. The number of nitrogens with one attached hydrogen (secondary N) is 1. The molecule has 0 amide bonds. The first-order valence-electron chi connectivity index (χ1n) is 5.49. The lowest BCUT2D eigenvalue weighted by atomic mass is 10.1. The minimum absolute atomic E-state index is 0.351. The molecule has 5 heteroatoms. The largest absolute Gasteiger partial charge is 0.461 e. The molecule has 0 aromatic carbocycles. The number of carbonyl (C=O) groups is 1. The summed E-state index contributed by atoms with van der Waals surface area (Å²) >= 11 is 1.43. The molecule has 0 saturated heterocycles. The lowest BCUT2D eigenvalue weighted by Crippen LogP contribution is -2.10. The summed E-state index contributed by atoms with van der Waals surface area (Å²) in [5, 5.41) is 4.02. The Labute approximate surface area is 100 Å². The zero-order valence-electron chi connectivity index (χ0n) is 9.95. The quantitative estimate of drug-likeness (QED) is 0.779. The summed E-state index contributed by atoms with van der Waals surface area (Å²) < 4.78 is 4.92. The monoisotopic (exact) mass is 242 g/mol. The molecule has 1 aromatic rings. The van der Waals surface area contributed by atoms with Gasteiger partial charge < -0.3 is 10.1 Å². The molecule has 0 bridgehead atoms. The molecular weight excluding hydrogens is 224 g/mol. The molecule has 0 radical (unpaired) electrons. The lowest BCUT2D eigenvalue weighted by molar-refractivity contribution is 0.0521. The summed E-state index contributed by atoms with van der Waals surface area (Å²) in [6.07, 6.45) is 1.07. The minimum Gasteiger partial charge on any atom is -0.461 e. The van der Waals surface area contributed by atoms with E-state index in [0.29, 0.717) is 18.2 Å². The Morgan fingerprint density at radius 3 is 3.00 bits per heavy atom. The molecule has 0 spiro atoms. The number of hydrogen-bond acceptors (Lipinski definition) is 5. The van der Waals surface area contributed by atoms with Crippen molar-refractivity contribution in [3.05, 3.63) is 11.2 Å². The van der Waals surface area contributed by atoms with Crippen LogP contribution < -0.4 is 5.32 Å². The van der Waals surface area contributed by atoms with E-state index in [2.05, 4.69) is 24.1 Å². The summed E-state index contributed by atoms with van der Waals surface area (Å²) in [5.74, 6) is 0.294. The fraction of sp³-hybridized carbons (Fsp3) is 0.636. The zero-order valence-corrected chi connectivity index (χ0v) is 10.8. The van der Waals surface area contributed by atoms with Gasteiger partial charge in [0.2, 0.25) is 0 Å². The van der Waals surface area contributed by atoms with Gasteiger partial charge in [-0.15, -0.1) is 11.3 Å². The van der Waals surface area contributed by atoms with Crippen LogP contribution in [0.15, 0.2) is 5.51 Å². The Kier molecular flexibility index (Phi) is 5.25. The van der Waals surface area contributed by atoms with Crippen LogP contribution in [-0.2, 0) is 4.74 Å². The van der Waals surface area contributed by atoms with Crippen molar-refractivity contribution in [2.24, 2.45) is 5.92 Å². The van der Waals surface area contributed by atoms with Crippen LogP contribution in [0.3, 0.4) is 0 Å². The van der Waals surface area contributed by atoms with E-state index in [9.17, 15) is 4.79 Å². The number of carbonyl (C=O) groups excluding carboxylic acids is 1. The van der Waals surface area contributed by atoms with Crippen LogP contribution in [0.2, 0.25) is 0 Å². The molecule has 0 unspecified atom stereocenters. The van der Waals surface area contributed by atoms with E-state index in [1.807, 2.05) is 0 Å². The van der Waals surface area contributed by atoms with Gasteiger partial charge in [-0.25, -0.2) is 9.78 Å². The highest BCUT2D eigenvalue weighted by molar-refractivity contribution is 7.14. The molecule has 1 rings (SSSR count). The Bertz CT molecular complexity index is 336. The molecule has 1 aromatic heterocycles. The summed E-state index contributed by atoms with van der Waals surface area (Å²) in [4.78, 5) is 15.5. The Morgan fingerprint density at radius 2 is 2.38 bits per heavy atom. The first-order chi connectivity index (χ1) is 7.65. The maximum absolute atomic E-state index is 11.5. The van der Waals surface area contributed by atoms with Crippen molar-refractivity contribution in [1.29, 1.82) is 0 Å². The van der Waals surface area contributed by atoms with E-state index in [1.54, 1.807) is 12.4 Å². The summed E-state index contributed by atoms with van der Waals surface area (Å²) in [6, 6.07) is 0. The van der Waals surface area contributed by atoms with E-state index < -0.39 is 0 Å². The van der Waals surface area contributed by atoms with Gasteiger partial charge in [0.05, 0.1) is 12.1 Å². The number of aromatic nitrogens is 1. The highest BCUT2D eigenvalue weighted by Gasteiger charge is 2.15. The van der Waals surface area contributed by atoms with Crippen LogP contribution in [0, 0.1) is 5.92 Å². The Morgan fingerprint density at radius 1 is 1.62 bits per heavy atom. The molecule has 0 atom stereocenters. The van der Waals surface area contributed by atoms with Gasteiger partial charge in [-0.3, -0.25) is 0 Å². The van der Waals surface area contributed by atoms with Gasteiger partial charge in [0.1, 0.15) is 5.00 Å². The van der Waals surface area contributed by atoms with Crippen LogP contribution in [0.25, 0.3) is 0 Å². The molecule has 0 fully saturated rings. The topological polar surface area (TPSA) is 51.2 Å². The molecule has 1 heterocycles. The van der Waals surface area contributed by atoms with E-state index in [4.69, 9.17) is 4.74 Å². The molecular formula is C11H18N2O2S. The number of nitrogens with zero attached hydrogens (tertiary/aromatic N) is 1. The van der Waals surface area contributed by atoms with E-state index in [-0.39, 0.29) is 5.97 Å². The minimum atomic E-state index is -0.351. The van der Waals surface area contributed by atoms with E-state index in [1.165, 1.54) is 11.3 Å². The predicted molar refractivity (Wildman–Crippen MR) is 66.0 cm³/mol. The van der Waals surface area contributed by atoms with Crippen LogP contribution in [0.4, 0.5) is 5.00 Å². The summed E-state index contributed by atoms with van der Waals surface area (Å²) in [5.41, 5.74) is 2.06. The Balaban J connectivity index is 2.53. The molecule has 0 aliphatic carbocycles. The van der Waals surface area contributed by atoms with Gasteiger partial charge in [0, 0.05) is 6.54 Å². The first-order valence-corrected chi connectivity index (χ1v) is 6.37. The van der Waals surface area contributed by atoms with E-state index in [0.717, 1.165) is 18.0 Å². The number of rotatable bonds is 6. The van der Waals surface area contributed by atoms with Crippen LogP contribution in [-0.4, -0.2) is 24.1 Å². The van der Waals surface area contributed by atoms with Crippen molar-refractivity contribution in [2.45, 2.75) is 27.2 Å². The second kappa shape index (κ2) is 6.48. The normalized spacial score (nSPS) is 10.5. The van der Waals surface area contributed by atoms with Crippen LogP contribution in [0.1, 0.15) is 37.7 Å². The molecule has 0 aliphatic heterocycles. The molecule has 4 nitrogen and oxygen atoms in total. The van der Waals surface area contributed by atoms with Gasteiger partial charge in [0.25, 0.3) is 0 Å². The third-order valence-corrected chi connectivity index (χ3v) is 2.83. The van der Waals surface area contributed by atoms with Gasteiger partial charge in [0.15, 0.2) is 5.69 Å². The van der Waals surface area contributed by atoms with Crippen molar-refractivity contribution in [3.8, 4) is 0 Å². The fourth-order valence-electron chi connectivity index (χ4n) is 1.19. The zero-order chi connectivity index (χ0) is 12.0.